The number of benzene rings is 1. The average Bonchev–Trinajstić information content (AvgIpc) is 3.40. The van der Waals surface area contributed by atoms with Gasteiger partial charge in [-0.1, -0.05) is 52.0 Å². The van der Waals surface area contributed by atoms with Gasteiger partial charge >= 0.3 is 0 Å². The largest absolute Gasteiger partial charge is 0.391 e. The van der Waals surface area contributed by atoms with Crippen molar-refractivity contribution in [3.63, 3.8) is 0 Å². The minimum absolute atomic E-state index is 0.0639. The molecule has 1 fully saturated rings. The number of hydrogen-bond acceptors (Lipinski definition) is 6. The molecule has 0 saturated carbocycles. The Kier molecular flexibility index (Phi) is 8.09. The number of rotatable bonds is 7. The third kappa shape index (κ3) is 6.01. The predicted molar refractivity (Wildman–Crippen MR) is 132 cm³/mol. The number of β-amino-alcohol motifs (C(OH)–C–C–N with tert-alkyl or cyclic N) is 1. The summed E-state index contributed by atoms with van der Waals surface area (Å²) >= 11 is 1.59. The van der Waals surface area contributed by atoms with Crippen molar-refractivity contribution in [3.05, 3.63) is 41.0 Å². The van der Waals surface area contributed by atoms with Gasteiger partial charge in [-0.05, 0) is 23.5 Å². The van der Waals surface area contributed by atoms with E-state index in [2.05, 4.69) is 15.6 Å². The molecule has 3 atom stereocenters. The normalized spacial score (nSPS) is 19.1. The maximum atomic E-state index is 13.4. The molecular weight excluding hydrogens is 452 g/mol. The van der Waals surface area contributed by atoms with Gasteiger partial charge in [0.05, 0.1) is 22.2 Å². The van der Waals surface area contributed by atoms with Crippen LogP contribution >= 0.6 is 11.3 Å². The molecule has 3 N–H and O–H groups in total. The van der Waals surface area contributed by atoms with Crippen molar-refractivity contribution in [2.45, 2.75) is 72.2 Å². The number of aromatic nitrogens is 1. The van der Waals surface area contributed by atoms with E-state index < -0.39 is 23.6 Å². The number of nitrogens with one attached hydrogen (secondary N) is 2. The van der Waals surface area contributed by atoms with Crippen LogP contribution in [0.1, 0.15) is 51.8 Å². The Labute approximate surface area is 204 Å². The van der Waals surface area contributed by atoms with Gasteiger partial charge in [0.15, 0.2) is 0 Å². The van der Waals surface area contributed by atoms with Gasteiger partial charge < -0.3 is 20.6 Å². The zero-order chi connectivity index (χ0) is 25.0. The van der Waals surface area contributed by atoms with Gasteiger partial charge in [0, 0.05) is 25.9 Å². The van der Waals surface area contributed by atoms with Crippen LogP contribution in [0.3, 0.4) is 0 Å². The van der Waals surface area contributed by atoms with Gasteiger partial charge in [0.25, 0.3) is 0 Å². The zero-order valence-electron chi connectivity index (χ0n) is 20.4. The number of likely N-dealkylation sites (tertiary alicyclic amines) is 1. The average molecular weight is 487 g/mol. The van der Waals surface area contributed by atoms with Gasteiger partial charge in [-0.25, -0.2) is 4.98 Å². The van der Waals surface area contributed by atoms with E-state index in [0.717, 1.165) is 21.7 Å². The van der Waals surface area contributed by atoms with Crippen molar-refractivity contribution in [3.8, 4) is 10.4 Å². The van der Waals surface area contributed by atoms with E-state index in [0.29, 0.717) is 6.54 Å². The highest BCUT2D eigenvalue weighted by molar-refractivity contribution is 7.13. The third-order valence-corrected chi connectivity index (χ3v) is 7.01. The molecule has 0 aliphatic carbocycles. The molecule has 0 bridgehead atoms. The number of hydrogen-bond donors (Lipinski definition) is 3. The summed E-state index contributed by atoms with van der Waals surface area (Å²) in [6.45, 7) is 9.67. The Morgan fingerprint density at radius 3 is 2.47 bits per heavy atom. The second-order valence-corrected chi connectivity index (χ2v) is 10.7. The van der Waals surface area contributed by atoms with Crippen LogP contribution in [-0.4, -0.2) is 57.4 Å². The highest BCUT2D eigenvalue weighted by Gasteiger charge is 2.44. The molecule has 9 heteroatoms. The highest BCUT2D eigenvalue weighted by Crippen LogP contribution is 2.28. The molecule has 2 aromatic rings. The van der Waals surface area contributed by atoms with Crippen LogP contribution in [0.5, 0.6) is 0 Å². The SMILES string of the molecule is CCC(=O)N[C@H](C(=O)N1C[C@@H](O)CC1C(=O)NCc1ccc(-c2scnc2C)cc1)C(C)(C)C. The topological polar surface area (TPSA) is 112 Å². The van der Waals surface area contributed by atoms with Gasteiger partial charge in [-0.3, -0.25) is 14.4 Å². The first-order chi connectivity index (χ1) is 16.0. The van der Waals surface area contributed by atoms with Gasteiger partial charge in [-0.2, -0.15) is 0 Å². The van der Waals surface area contributed by atoms with Crippen LogP contribution in [0.15, 0.2) is 29.8 Å². The summed E-state index contributed by atoms with van der Waals surface area (Å²) < 4.78 is 0. The Bertz CT molecular complexity index is 1030. The first kappa shape index (κ1) is 25.8. The van der Waals surface area contributed by atoms with E-state index in [1.165, 1.54) is 4.90 Å². The summed E-state index contributed by atoms with van der Waals surface area (Å²) in [5.41, 5.74) is 4.26. The number of amides is 3. The lowest BCUT2D eigenvalue weighted by atomic mass is 9.85. The molecule has 2 heterocycles. The minimum atomic E-state index is -0.789. The maximum Gasteiger partial charge on any atom is 0.246 e. The van der Waals surface area contributed by atoms with E-state index >= 15 is 0 Å². The zero-order valence-corrected chi connectivity index (χ0v) is 21.2. The molecule has 1 aromatic carbocycles. The first-order valence-electron chi connectivity index (χ1n) is 11.6. The van der Waals surface area contributed by atoms with Crippen LogP contribution in [0, 0.1) is 12.3 Å². The Morgan fingerprint density at radius 1 is 1.24 bits per heavy atom. The molecule has 1 aromatic heterocycles. The third-order valence-electron chi connectivity index (χ3n) is 6.03. The molecule has 3 rings (SSSR count). The minimum Gasteiger partial charge on any atom is -0.391 e. The van der Waals surface area contributed by atoms with E-state index in [1.54, 1.807) is 18.3 Å². The van der Waals surface area contributed by atoms with Crippen LogP contribution in [0.4, 0.5) is 0 Å². The highest BCUT2D eigenvalue weighted by atomic mass is 32.1. The van der Waals surface area contributed by atoms with Crippen LogP contribution in [0.2, 0.25) is 0 Å². The summed E-state index contributed by atoms with van der Waals surface area (Å²) in [6.07, 6.45) is -0.364. The number of nitrogens with zero attached hydrogens (tertiary/aromatic N) is 2. The van der Waals surface area contributed by atoms with Crippen molar-refractivity contribution >= 4 is 29.1 Å². The van der Waals surface area contributed by atoms with Crippen molar-refractivity contribution < 1.29 is 19.5 Å². The summed E-state index contributed by atoms with van der Waals surface area (Å²) in [5, 5.41) is 15.9. The summed E-state index contributed by atoms with van der Waals surface area (Å²) in [5.74, 6) is -0.900. The molecule has 3 amide bonds. The van der Waals surface area contributed by atoms with Crippen molar-refractivity contribution in [2.24, 2.45) is 5.41 Å². The van der Waals surface area contributed by atoms with E-state index in [9.17, 15) is 19.5 Å². The predicted octanol–water partition coefficient (Wildman–Crippen LogP) is 2.64. The maximum absolute atomic E-state index is 13.4. The number of carbonyl (C=O) groups excluding carboxylic acids is 3. The molecule has 1 unspecified atom stereocenters. The molecule has 1 aliphatic rings. The van der Waals surface area contributed by atoms with Crippen molar-refractivity contribution in [1.82, 2.24) is 20.5 Å². The number of aliphatic hydroxyl groups excluding tert-OH is 1. The van der Waals surface area contributed by atoms with E-state index in [-0.39, 0.29) is 37.1 Å². The molecule has 1 saturated heterocycles. The molecule has 34 heavy (non-hydrogen) atoms. The van der Waals surface area contributed by atoms with Gasteiger partial charge in [0.2, 0.25) is 17.7 Å². The Hall–Kier alpha value is -2.78. The fourth-order valence-electron chi connectivity index (χ4n) is 4.04. The number of carbonyl (C=O) groups is 3. The number of aryl methyl sites for hydroxylation is 1. The van der Waals surface area contributed by atoms with Gasteiger partial charge in [0.1, 0.15) is 12.1 Å². The molecule has 0 radical (unpaired) electrons. The fraction of sp³-hybridized carbons (Fsp3) is 0.520. The smallest absolute Gasteiger partial charge is 0.246 e. The van der Waals surface area contributed by atoms with E-state index in [1.807, 2.05) is 57.5 Å². The van der Waals surface area contributed by atoms with E-state index in [4.69, 9.17) is 0 Å². The second-order valence-electron chi connectivity index (χ2n) is 9.80. The lowest BCUT2D eigenvalue weighted by molar-refractivity contribution is -0.144. The molecule has 184 valence electrons. The van der Waals surface area contributed by atoms with Gasteiger partial charge in [-0.15, -0.1) is 11.3 Å². The van der Waals surface area contributed by atoms with Crippen LogP contribution in [-0.2, 0) is 20.9 Å². The quantitative estimate of drug-likeness (QED) is 0.557. The molecule has 1 aliphatic heterocycles. The Morgan fingerprint density at radius 2 is 1.91 bits per heavy atom. The van der Waals surface area contributed by atoms with Crippen molar-refractivity contribution in [1.29, 1.82) is 0 Å². The van der Waals surface area contributed by atoms with Crippen molar-refractivity contribution in [2.75, 3.05) is 6.54 Å². The van der Waals surface area contributed by atoms with Crippen LogP contribution in [0.25, 0.3) is 10.4 Å². The lowest BCUT2D eigenvalue weighted by Crippen LogP contribution is -2.57. The lowest BCUT2D eigenvalue weighted by Gasteiger charge is -2.35. The summed E-state index contributed by atoms with van der Waals surface area (Å²) in [7, 11) is 0. The fourth-order valence-corrected chi connectivity index (χ4v) is 4.86. The Balaban J connectivity index is 1.67. The summed E-state index contributed by atoms with van der Waals surface area (Å²) in [4.78, 5) is 45.2. The molecule has 0 spiro atoms. The monoisotopic (exact) mass is 486 g/mol. The molecule has 8 nitrogen and oxygen atoms in total. The first-order valence-corrected chi connectivity index (χ1v) is 12.4. The second kappa shape index (κ2) is 10.7. The summed E-state index contributed by atoms with van der Waals surface area (Å²) in [6, 6.07) is 6.34. The molecular formula is C25H34N4O4S. The number of thiazole rings is 1. The van der Waals surface area contributed by atoms with Crippen LogP contribution < -0.4 is 10.6 Å². The number of aliphatic hydroxyl groups is 1. The standard InChI is InChI=1S/C25H34N4O4S/c1-6-20(31)28-22(25(3,4)5)24(33)29-13-18(30)11-19(29)23(32)26-12-16-7-9-17(10-8-16)21-15(2)27-14-34-21/h7-10,14,18-19,22,30H,6,11-13H2,1-5H3,(H,26,32)(H,28,31)/t18-,19?,22+/m0/s1.